The van der Waals surface area contributed by atoms with E-state index in [-0.39, 0.29) is 18.3 Å². The highest BCUT2D eigenvalue weighted by molar-refractivity contribution is 7.99. The monoisotopic (exact) mass is 508 g/mol. The minimum absolute atomic E-state index is 0.124. The molecule has 9 heteroatoms. The fourth-order valence-corrected chi connectivity index (χ4v) is 4.23. The predicted octanol–water partition coefficient (Wildman–Crippen LogP) is 5.94. The number of amides is 1. The summed E-state index contributed by atoms with van der Waals surface area (Å²) >= 11 is 7.27. The van der Waals surface area contributed by atoms with Gasteiger partial charge in [0.2, 0.25) is 5.91 Å². The smallest absolute Gasteiger partial charge is 0.234 e. The maximum absolute atomic E-state index is 12.6. The first-order chi connectivity index (χ1) is 17.0. The summed E-state index contributed by atoms with van der Waals surface area (Å²) in [6.07, 6.45) is 0. The molecule has 0 spiro atoms. The molecule has 1 heterocycles. The highest BCUT2D eigenvalue weighted by Crippen LogP contribution is 2.25. The molecule has 0 aliphatic carbocycles. The fourth-order valence-electron chi connectivity index (χ4n) is 3.33. The van der Waals surface area contributed by atoms with Crippen LogP contribution in [-0.4, -0.2) is 33.0 Å². The van der Waals surface area contributed by atoms with Crippen molar-refractivity contribution >= 4 is 35.0 Å². The summed E-state index contributed by atoms with van der Waals surface area (Å²) in [4.78, 5) is 12.6. The van der Waals surface area contributed by atoms with Crippen molar-refractivity contribution in [3.63, 3.8) is 0 Å². The highest BCUT2D eigenvalue weighted by Gasteiger charge is 2.17. The molecule has 0 saturated heterocycles. The first kappa shape index (κ1) is 24.6. The number of aromatic nitrogens is 3. The molecule has 4 aromatic rings. The summed E-state index contributed by atoms with van der Waals surface area (Å²) in [7, 11) is 0. The molecule has 0 aliphatic rings. The van der Waals surface area contributed by atoms with E-state index in [4.69, 9.17) is 21.1 Å². The van der Waals surface area contributed by atoms with Crippen molar-refractivity contribution < 1.29 is 14.3 Å². The maximum Gasteiger partial charge on any atom is 0.234 e. The summed E-state index contributed by atoms with van der Waals surface area (Å²) < 4.78 is 13.4. The summed E-state index contributed by atoms with van der Waals surface area (Å²) in [5, 5.41) is 12.8. The van der Waals surface area contributed by atoms with Gasteiger partial charge in [-0.15, -0.1) is 10.2 Å². The van der Waals surface area contributed by atoms with Crippen LogP contribution >= 0.6 is 23.4 Å². The number of ether oxygens (including phenoxy) is 2. The number of aryl methyl sites for hydroxylation is 1. The molecule has 0 unspecified atom stereocenters. The van der Waals surface area contributed by atoms with Gasteiger partial charge >= 0.3 is 0 Å². The third-order valence-corrected chi connectivity index (χ3v) is 6.10. The molecule has 0 fully saturated rings. The molecule has 0 aliphatic heterocycles. The van der Waals surface area contributed by atoms with Gasteiger partial charge in [0.15, 0.2) is 11.0 Å². The lowest BCUT2D eigenvalue weighted by Crippen LogP contribution is -2.15. The number of halogens is 1. The van der Waals surface area contributed by atoms with Crippen molar-refractivity contribution in [3.8, 4) is 17.2 Å². The number of nitrogens with zero attached hydrogens (tertiary/aromatic N) is 3. The number of carbonyl (C=O) groups is 1. The van der Waals surface area contributed by atoms with Crippen LogP contribution in [0.2, 0.25) is 5.02 Å². The van der Waals surface area contributed by atoms with E-state index in [0.29, 0.717) is 28.4 Å². The van der Waals surface area contributed by atoms with Crippen molar-refractivity contribution in [2.75, 3.05) is 17.7 Å². The molecule has 4 rings (SSSR count). The van der Waals surface area contributed by atoms with Gasteiger partial charge in [-0.25, -0.2) is 0 Å². The zero-order valence-corrected chi connectivity index (χ0v) is 21.0. The number of thioether (sulfide) groups is 1. The molecule has 1 N–H and O–H groups in total. The van der Waals surface area contributed by atoms with Crippen LogP contribution in [0.15, 0.2) is 78.0 Å². The van der Waals surface area contributed by atoms with Gasteiger partial charge in [0, 0.05) is 16.4 Å². The first-order valence-corrected chi connectivity index (χ1v) is 12.4. The molecule has 1 amide bonds. The van der Waals surface area contributed by atoms with Crippen molar-refractivity contribution in [2.24, 2.45) is 0 Å². The minimum atomic E-state index is -0.124. The lowest BCUT2D eigenvalue weighted by Gasteiger charge is -2.12. The molecule has 35 heavy (non-hydrogen) atoms. The van der Waals surface area contributed by atoms with E-state index >= 15 is 0 Å². The lowest BCUT2D eigenvalue weighted by atomic mass is 10.2. The third kappa shape index (κ3) is 6.77. The Morgan fingerprint density at radius 1 is 1.00 bits per heavy atom. The molecule has 1 aromatic heterocycles. The average molecular weight is 509 g/mol. The second-order valence-electron chi connectivity index (χ2n) is 7.61. The summed E-state index contributed by atoms with van der Waals surface area (Å²) in [5.74, 6) is 2.10. The largest absolute Gasteiger partial charge is 0.494 e. The number of anilines is 1. The van der Waals surface area contributed by atoms with Crippen molar-refractivity contribution in [3.05, 3.63) is 89.2 Å². The predicted molar refractivity (Wildman–Crippen MR) is 139 cm³/mol. The molecule has 0 atom stereocenters. The second kappa shape index (κ2) is 11.8. The van der Waals surface area contributed by atoms with Crippen LogP contribution in [0.5, 0.6) is 11.5 Å². The number of hydrogen-bond acceptors (Lipinski definition) is 6. The van der Waals surface area contributed by atoms with E-state index in [9.17, 15) is 4.79 Å². The Bertz CT molecular complexity index is 1280. The Morgan fingerprint density at radius 3 is 2.43 bits per heavy atom. The van der Waals surface area contributed by atoms with Gasteiger partial charge in [0.05, 0.1) is 12.4 Å². The Morgan fingerprint density at radius 2 is 1.71 bits per heavy atom. The summed E-state index contributed by atoms with van der Waals surface area (Å²) in [5.41, 5.74) is 2.69. The Hall–Kier alpha value is -3.49. The minimum Gasteiger partial charge on any atom is -0.494 e. The summed E-state index contributed by atoms with van der Waals surface area (Å²) in [6.45, 7) is 4.70. The van der Waals surface area contributed by atoms with Crippen LogP contribution in [0.1, 0.15) is 18.3 Å². The topological polar surface area (TPSA) is 78.3 Å². The normalized spacial score (nSPS) is 10.7. The van der Waals surface area contributed by atoms with E-state index in [2.05, 4.69) is 15.5 Å². The van der Waals surface area contributed by atoms with E-state index in [1.165, 1.54) is 11.8 Å². The zero-order chi connectivity index (χ0) is 24.6. The fraction of sp³-hybridized carbons (Fsp3) is 0.192. The van der Waals surface area contributed by atoms with Gasteiger partial charge in [-0.3, -0.25) is 9.36 Å². The molecule has 0 radical (unpaired) electrons. The summed E-state index contributed by atoms with van der Waals surface area (Å²) in [6, 6.07) is 22.4. The van der Waals surface area contributed by atoms with Crippen LogP contribution in [0.3, 0.4) is 0 Å². The van der Waals surface area contributed by atoms with E-state index < -0.39 is 0 Å². The number of nitrogens with one attached hydrogen (secondary N) is 1. The van der Waals surface area contributed by atoms with Gasteiger partial charge in [-0.2, -0.15) is 0 Å². The number of benzene rings is 3. The molecular weight excluding hydrogens is 484 g/mol. The van der Waals surface area contributed by atoms with E-state index in [0.717, 1.165) is 22.7 Å². The van der Waals surface area contributed by atoms with Crippen molar-refractivity contribution in [1.82, 2.24) is 14.8 Å². The maximum atomic E-state index is 12.6. The highest BCUT2D eigenvalue weighted by atomic mass is 35.5. The van der Waals surface area contributed by atoms with Crippen molar-refractivity contribution in [2.45, 2.75) is 25.6 Å². The van der Waals surface area contributed by atoms with Crippen LogP contribution in [0.25, 0.3) is 5.69 Å². The molecular formula is C26H25ClN4O3S. The molecule has 0 bridgehead atoms. The zero-order valence-electron chi connectivity index (χ0n) is 19.4. The Balaban J connectivity index is 1.52. The van der Waals surface area contributed by atoms with Crippen molar-refractivity contribution in [1.29, 1.82) is 0 Å². The van der Waals surface area contributed by atoms with Crippen LogP contribution in [0.4, 0.5) is 5.69 Å². The van der Waals surface area contributed by atoms with Gasteiger partial charge in [-0.1, -0.05) is 35.5 Å². The standard InChI is InChI=1S/C26H25ClN4O3S/c1-3-33-22-13-9-21(10-14-22)31-24(16-34-23-11-7-19(27)8-12-23)29-30-26(31)35-17-25(32)28-20-6-4-5-18(2)15-20/h4-15H,3,16-17H2,1-2H3,(H,28,32). The van der Waals surface area contributed by atoms with Gasteiger partial charge in [-0.05, 0) is 80.1 Å². The molecule has 7 nitrogen and oxygen atoms in total. The Labute approximate surface area is 213 Å². The number of carbonyl (C=O) groups excluding carboxylic acids is 1. The quantitative estimate of drug-likeness (QED) is 0.267. The number of rotatable bonds is 10. The Kier molecular flexibility index (Phi) is 8.28. The SMILES string of the molecule is CCOc1ccc(-n2c(COc3ccc(Cl)cc3)nnc2SCC(=O)Nc2cccc(C)c2)cc1. The second-order valence-corrected chi connectivity index (χ2v) is 8.99. The third-order valence-electron chi connectivity index (χ3n) is 4.92. The lowest BCUT2D eigenvalue weighted by molar-refractivity contribution is -0.113. The van der Waals surface area contributed by atoms with E-state index in [1.54, 1.807) is 24.3 Å². The molecule has 180 valence electrons. The molecule has 0 saturated carbocycles. The van der Waals surface area contributed by atoms with Crippen LogP contribution < -0.4 is 14.8 Å². The van der Waals surface area contributed by atoms with Gasteiger partial charge in [0.1, 0.15) is 18.1 Å². The van der Waals surface area contributed by atoms with Crippen LogP contribution in [-0.2, 0) is 11.4 Å². The molecule has 3 aromatic carbocycles. The average Bonchev–Trinajstić information content (AvgIpc) is 3.26. The number of hydrogen-bond donors (Lipinski definition) is 1. The first-order valence-electron chi connectivity index (χ1n) is 11.1. The van der Waals surface area contributed by atoms with Gasteiger partial charge in [0.25, 0.3) is 0 Å². The van der Waals surface area contributed by atoms with Crippen LogP contribution in [0, 0.1) is 6.92 Å². The van der Waals surface area contributed by atoms with E-state index in [1.807, 2.05) is 66.9 Å². The van der Waals surface area contributed by atoms with Gasteiger partial charge < -0.3 is 14.8 Å².